The van der Waals surface area contributed by atoms with Gasteiger partial charge in [-0.25, -0.2) is 4.98 Å². The lowest BCUT2D eigenvalue weighted by molar-refractivity contribution is 0.0951. The molecule has 2 heterocycles. The minimum Gasteiger partial charge on any atom is -0.356 e. The van der Waals surface area contributed by atoms with Gasteiger partial charge in [0.2, 0.25) is 0 Å². The summed E-state index contributed by atoms with van der Waals surface area (Å²) in [4.78, 5) is 19.1. The highest BCUT2D eigenvalue weighted by atomic mass is 35.5. The summed E-state index contributed by atoms with van der Waals surface area (Å²) in [6.07, 6.45) is 4.00. The molecule has 0 saturated carbocycles. The molecule has 1 saturated heterocycles. The molecule has 1 amide bonds. The van der Waals surface area contributed by atoms with Crippen molar-refractivity contribution in [3.8, 4) is 0 Å². The number of carbonyl (C=O) groups is 1. The zero-order valence-corrected chi connectivity index (χ0v) is 14.1. The monoisotopic (exact) mass is 349 g/mol. The van der Waals surface area contributed by atoms with Crippen LogP contribution in [0.1, 0.15) is 28.8 Å². The molecular formula is C17H17Cl2N3O. The van der Waals surface area contributed by atoms with Gasteiger partial charge in [0, 0.05) is 35.9 Å². The van der Waals surface area contributed by atoms with Crippen LogP contribution in [0.4, 0.5) is 5.82 Å². The van der Waals surface area contributed by atoms with Crippen LogP contribution < -0.4 is 10.2 Å². The Kier molecular flexibility index (Phi) is 5.03. The van der Waals surface area contributed by atoms with Crippen molar-refractivity contribution >= 4 is 34.9 Å². The van der Waals surface area contributed by atoms with E-state index in [0.29, 0.717) is 22.2 Å². The molecular weight excluding hydrogens is 333 g/mol. The fraction of sp³-hybridized carbons (Fsp3) is 0.294. The molecule has 2 aromatic rings. The van der Waals surface area contributed by atoms with E-state index in [9.17, 15) is 4.79 Å². The van der Waals surface area contributed by atoms with E-state index in [1.807, 2.05) is 6.07 Å². The minimum atomic E-state index is -0.147. The summed E-state index contributed by atoms with van der Waals surface area (Å²) in [6.45, 7) is 2.24. The number of halogens is 2. The quantitative estimate of drug-likeness (QED) is 0.909. The Bertz CT molecular complexity index is 715. The van der Waals surface area contributed by atoms with E-state index in [2.05, 4.69) is 15.2 Å². The molecule has 1 aromatic heterocycles. The smallest absolute Gasteiger partial charge is 0.255 e. The highest BCUT2D eigenvalue weighted by molar-refractivity contribution is 6.35. The predicted octanol–water partition coefficient (Wildman–Crippen LogP) is 3.92. The van der Waals surface area contributed by atoms with Crippen LogP contribution >= 0.6 is 23.2 Å². The number of rotatable bonds is 4. The normalized spacial score (nSPS) is 14.1. The Hall–Kier alpha value is -1.78. The van der Waals surface area contributed by atoms with Crippen LogP contribution in [0.25, 0.3) is 0 Å². The maximum absolute atomic E-state index is 12.5. The van der Waals surface area contributed by atoms with Crippen molar-refractivity contribution in [2.75, 3.05) is 18.0 Å². The van der Waals surface area contributed by atoms with Crippen LogP contribution in [-0.4, -0.2) is 24.0 Å². The number of aromatic nitrogens is 1. The lowest BCUT2D eigenvalue weighted by Gasteiger charge is -2.19. The zero-order valence-electron chi connectivity index (χ0n) is 12.6. The number of nitrogens with zero attached hydrogens (tertiary/aromatic N) is 2. The average Bonchev–Trinajstić information content (AvgIpc) is 3.08. The highest BCUT2D eigenvalue weighted by Crippen LogP contribution is 2.23. The Labute approximate surface area is 145 Å². The number of anilines is 1. The van der Waals surface area contributed by atoms with Gasteiger partial charge in [0.1, 0.15) is 5.82 Å². The van der Waals surface area contributed by atoms with Gasteiger partial charge in [-0.05, 0) is 42.7 Å². The first kappa shape index (κ1) is 16.1. The summed E-state index contributed by atoms with van der Waals surface area (Å²) < 4.78 is 0. The highest BCUT2D eigenvalue weighted by Gasteiger charge is 2.20. The van der Waals surface area contributed by atoms with Gasteiger partial charge < -0.3 is 10.2 Å². The number of hydrogen-bond acceptors (Lipinski definition) is 3. The van der Waals surface area contributed by atoms with Gasteiger partial charge in [0.15, 0.2) is 0 Å². The van der Waals surface area contributed by atoms with E-state index in [1.54, 1.807) is 30.5 Å². The van der Waals surface area contributed by atoms with Crippen LogP contribution in [0.15, 0.2) is 36.5 Å². The van der Waals surface area contributed by atoms with Crippen molar-refractivity contribution in [1.29, 1.82) is 0 Å². The van der Waals surface area contributed by atoms with Crippen molar-refractivity contribution in [2.45, 2.75) is 19.4 Å². The maximum Gasteiger partial charge on any atom is 0.255 e. The fourth-order valence-corrected chi connectivity index (χ4v) is 3.17. The first-order chi connectivity index (χ1) is 11.1. The summed E-state index contributed by atoms with van der Waals surface area (Å²) in [7, 11) is 0. The maximum atomic E-state index is 12.5. The minimum absolute atomic E-state index is 0.147. The summed E-state index contributed by atoms with van der Waals surface area (Å²) in [5.74, 6) is 0.607. The largest absolute Gasteiger partial charge is 0.356 e. The second kappa shape index (κ2) is 7.20. The van der Waals surface area contributed by atoms with E-state index in [4.69, 9.17) is 23.2 Å². The van der Waals surface area contributed by atoms with E-state index >= 15 is 0 Å². The van der Waals surface area contributed by atoms with Gasteiger partial charge in [-0.1, -0.05) is 29.3 Å². The Balaban J connectivity index is 1.73. The number of benzene rings is 1. The molecule has 0 atom stereocenters. The molecule has 1 aliphatic rings. The number of nitrogens with one attached hydrogen (secondary N) is 1. The summed E-state index contributed by atoms with van der Waals surface area (Å²) in [5, 5.41) is 4.03. The molecule has 0 unspecified atom stereocenters. The van der Waals surface area contributed by atoms with Gasteiger partial charge in [0.05, 0.1) is 5.56 Å². The molecule has 6 heteroatoms. The number of amides is 1. The standard InChI is InChI=1S/C17H17Cl2N3O/c18-13-6-5-12(15(19)10-13)11-21-17(23)14-4-3-7-20-16(14)22-8-1-2-9-22/h3-7,10H,1-2,8-9,11H2,(H,21,23). The molecule has 0 radical (unpaired) electrons. The van der Waals surface area contributed by atoms with Crippen LogP contribution in [0.5, 0.6) is 0 Å². The lowest BCUT2D eigenvalue weighted by atomic mass is 10.2. The predicted molar refractivity (Wildman–Crippen MR) is 93.3 cm³/mol. The van der Waals surface area contributed by atoms with E-state index in [-0.39, 0.29) is 5.91 Å². The third-order valence-corrected chi connectivity index (χ3v) is 4.48. The fourth-order valence-electron chi connectivity index (χ4n) is 2.69. The van der Waals surface area contributed by atoms with Crippen LogP contribution in [-0.2, 0) is 6.54 Å². The average molecular weight is 350 g/mol. The SMILES string of the molecule is O=C(NCc1ccc(Cl)cc1Cl)c1cccnc1N1CCCC1. The van der Waals surface area contributed by atoms with Crippen molar-refractivity contribution in [3.63, 3.8) is 0 Å². The third kappa shape index (κ3) is 3.77. The van der Waals surface area contributed by atoms with Crippen molar-refractivity contribution in [3.05, 3.63) is 57.7 Å². The number of pyridine rings is 1. The summed E-state index contributed by atoms with van der Waals surface area (Å²) >= 11 is 12.0. The zero-order chi connectivity index (χ0) is 16.2. The molecule has 4 nitrogen and oxygen atoms in total. The van der Waals surface area contributed by atoms with Gasteiger partial charge in [0.25, 0.3) is 5.91 Å². The first-order valence-electron chi connectivity index (χ1n) is 7.57. The summed E-state index contributed by atoms with van der Waals surface area (Å²) in [6, 6.07) is 8.83. The van der Waals surface area contributed by atoms with Crippen LogP contribution in [0.2, 0.25) is 10.0 Å². The molecule has 0 spiro atoms. The first-order valence-corrected chi connectivity index (χ1v) is 8.33. The van der Waals surface area contributed by atoms with Gasteiger partial charge >= 0.3 is 0 Å². The summed E-state index contributed by atoms with van der Waals surface area (Å²) in [5.41, 5.74) is 1.43. The van der Waals surface area contributed by atoms with Gasteiger partial charge in [-0.15, -0.1) is 0 Å². The van der Waals surface area contributed by atoms with E-state index in [1.165, 1.54) is 0 Å². The lowest BCUT2D eigenvalue weighted by Crippen LogP contribution is -2.28. The second-order valence-corrected chi connectivity index (χ2v) is 6.33. The molecule has 1 aliphatic heterocycles. The Morgan fingerprint density at radius 3 is 2.74 bits per heavy atom. The van der Waals surface area contributed by atoms with Crippen LogP contribution in [0, 0.1) is 0 Å². The second-order valence-electron chi connectivity index (χ2n) is 5.49. The van der Waals surface area contributed by atoms with Gasteiger partial charge in [-0.3, -0.25) is 4.79 Å². The van der Waals surface area contributed by atoms with Crippen molar-refractivity contribution in [2.24, 2.45) is 0 Å². The number of hydrogen-bond donors (Lipinski definition) is 1. The third-order valence-electron chi connectivity index (χ3n) is 3.89. The molecule has 1 N–H and O–H groups in total. The topological polar surface area (TPSA) is 45.2 Å². The Morgan fingerprint density at radius 2 is 2.00 bits per heavy atom. The molecule has 0 aliphatic carbocycles. The molecule has 3 rings (SSSR count). The van der Waals surface area contributed by atoms with E-state index < -0.39 is 0 Å². The molecule has 0 bridgehead atoms. The van der Waals surface area contributed by atoms with E-state index in [0.717, 1.165) is 37.3 Å². The van der Waals surface area contributed by atoms with Crippen molar-refractivity contribution in [1.82, 2.24) is 10.3 Å². The van der Waals surface area contributed by atoms with Gasteiger partial charge in [-0.2, -0.15) is 0 Å². The Morgan fingerprint density at radius 1 is 1.22 bits per heavy atom. The molecule has 120 valence electrons. The molecule has 1 fully saturated rings. The number of carbonyl (C=O) groups excluding carboxylic acids is 1. The van der Waals surface area contributed by atoms with Crippen molar-refractivity contribution < 1.29 is 4.79 Å². The molecule has 23 heavy (non-hydrogen) atoms. The molecule has 1 aromatic carbocycles. The van der Waals surface area contributed by atoms with Crippen LogP contribution in [0.3, 0.4) is 0 Å².